The van der Waals surface area contributed by atoms with Crippen LogP contribution in [0.25, 0.3) is 0 Å². The van der Waals surface area contributed by atoms with Gasteiger partial charge in [0.05, 0.1) is 29.7 Å². The summed E-state index contributed by atoms with van der Waals surface area (Å²) in [5.74, 6) is -3.15. The molecule has 0 aliphatic carbocycles. The van der Waals surface area contributed by atoms with Crippen LogP contribution in [0.15, 0.2) is 24.3 Å². The Morgan fingerprint density at radius 2 is 1.75 bits per heavy atom. The Labute approximate surface area is 159 Å². The Bertz CT molecular complexity index is 957. The fourth-order valence-electron chi connectivity index (χ4n) is 4.31. The van der Waals surface area contributed by atoms with E-state index in [2.05, 4.69) is 0 Å². The minimum atomic E-state index is -4.77. The number of nitrogens with one attached hydrogen (secondary N) is 1. The third-order valence-electron chi connectivity index (χ3n) is 5.85. The topological polar surface area (TPSA) is 114 Å². The molecule has 2 saturated heterocycles. The lowest BCUT2D eigenvalue weighted by atomic mass is 9.53. The Kier molecular flexibility index (Phi) is 4.18. The summed E-state index contributed by atoms with van der Waals surface area (Å²) < 4.78 is 52.3. The molecule has 1 aromatic carbocycles. The zero-order chi connectivity index (χ0) is 21.0. The maximum atomic E-state index is 13.6. The van der Waals surface area contributed by atoms with E-state index in [9.17, 15) is 29.0 Å². The van der Waals surface area contributed by atoms with Crippen LogP contribution in [0.4, 0.5) is 13.2 Å². The van der Waals surface area contributed by atoms with E-state index in [1.807, 2.05) is 6.07 Å². The number of fused-ring (bicyclic) bond motifs is 2. The molecule has 3 rings (SSSR count). The molecule has 0 aromatic heterocycles. The molecule has 2 fully saturated rings. The average molecular weight is 388 g/mol. The maximum absolute atomic E-state index is 13.6. The summed E-state index contributed by atoms with van der Waals surface area (Å²) in [7, 11) is 0. The van der Waals surface area contributed by atoms with Crippen molar-refractivity contribution in [3.8, 4) is 18.2 Å². The first-order valence-electron chi connectivity index (χ1n) is 8.46. The van der Waals surface area contributed by atoms with Gasteiger partial charge in [0.15, 0.2) is 5.41 Å². The minimum Gasteiger partial charge on any atom is -0.447 e. The lowest BCUT2D eigenvalue weighted by molar-refractivity contribution is -0.281. The number of hydrogen-bond acceptors (Lipinski definition) is 6. The van der Waals surface area contributed by atoms with Crippen molar-refractivity contribution in [1.82, 2.24) is 0 Å². The molecule has 2 heterocycles. The zero-order valence-corrected chi connectivity index (χ0v) is 15.0. The maximum Gasteiger partial charge on any atom is 0.416 e. The number of halogens is 3. The highest BCUT2D eigenvalue weighted by molar-refractivity contribution is 5.89. The van der Waals surface area contributed by atoms with Crippen LogP contribution in [0, 0.1) is 56.2 Å². The van der Waals surface area contributed by atoms with Crippen molar-refractivity contribution in [2.24, 2.45) is 16.7 Å². The van der Waals surface area contributed by atoms with E-state index in [1.54, 1.807) is 19.1 Å². The largest absolute Gasteiger partial charge is 0.447 e. The van der Waals surface area contributed by atoms with Crippen molar-refractivity contribution in [3.05, 3.63) is 35.4 Å². The molecule has 1 aromatic rings. The van der Waals surface area contributed by atoms with Gasteiger partial charge in [0.1, 0.15) is 6.10 Å². The summed E-state index contributed by atoms with van der Waals surface area (Å²) in [5.41, 5.74) is -6.00. The second kappa shape index (κ2) is 5.95. The number of ether oxygens (including phenoxy) is 2. The van der Waals surface area contributed by atoms with Gasteiger partial charge in [-0.1, -0.05) is 32.0 Å². The summed E-state index contributed by atoms with van der Waals surface area (Å²) in [6.45, 7) is 3.14. The smallest absolute Gasteiger partial charge is 0.416 e. The Morgan fingerprint density at radius 3 is 2.25 bits per heavy atom. The molecule has 2 aliphatic rings. The predicted octanol–water partition coefficient (Wildman–Crippen LogP) is 4.07. The van der Waals surface area contributed by atoms with E-state index in [4.69, 9.17) is 14.9 Å². The van der Waals surface area contributed by atoms with Gasteiger partial charge in [-0.25, -0.2) is 0 Å². The van der Waals surface area contributed by atoms with E-state index < -0.39 is 51.8 Å². The fourth-order valence-corrected chi connectivity index (χ4v) is 4.31. The van der Waals surface area contributed by atoms with Crippen LogP contribution < -0.4 is 0 Å². The van der Waals surface area contributed by atoms with Crippen molar-refractivity contribution in [2.75, 3.05) is 0 Å². The van der Waals surface area contributed by atoms with E-state index >= 15 is 0 Å². The monoisotopic (exact) mass is 388 g/mol. The predicted molar refractivity (Wildman–Crippen MR) is 88.0 cm³/mol. The summed E-state index contributed by atoms with van der Waals surface area (Å²) in [6, 6.07) is 9.75. The van der Waals surface area contributed by atoms with Crippen molar-refractivity contribution >= 4 is 5.90 Å². The van der Waals surface area contributed by atoms with E-state index in [0.29, 0.717) is 0 Å². The molecule has 1 N–H and O–H groups in total. The van der Waals surface area contributed by atoms with Crippen LogP contribution in [0.2, 0.25) is 0 Å². The fraction of sp³-hybridized carbons (Fsp3) is 0.474. The first-order chi connectivity index (χ1) is 13.1. The van der Waals surface area contributed by atoms with Crippen LogP contribution >= 0.6 is 0 Å². The highest BCUT2D eigenvalue weighted by Gasteiger charge is 2.79. The van der Waals surface area contributed by atoms with Gasteiger partial charge in [0.25, 0.3) is 0 Å². The molecule has 0 spiro atoms. The molecule has 9 heteroatoms. The molecular weight excluding hydrogens is 373 g/mol. The third-order valence-corrected chi connectivity index (χ3v) is 5.85. The van der Waals surface area contributed by atoms with Crippen LogP contribution in [0.5, 0.6) is 0 Å². The minimum absolute atomic E-state index is 0.109. The summed E-state index contributed by atoms with van der Waals surface area (Å²) in [6.07, 6.45) is -6.40. The van der Waals surface area contributed by atoms with Crippen molar-refractivity contribution in [3.63, 3.8) is 0 Å². The number of hydrogen-bond donors (Lipinski definition) is 1. The molecule has 4 atom stereocenters. The van der Waals surface area contributed by atoms with Gasteiger partial charge in [-0.2, -0.15) is 29.0 Å². The third kappa shape index (κ3) is 2.07. The number of nitriles is 3. The van der Waals surface area contributed by atoms with Gasteiger partial charge in [0.2, 0.25) is 17.1 Å². The summed E-state index contributed by atoms with van der Waals surface area (Å²) >= 11 is 0. The number of nitrogens with zero attached hydrogens (tertiary/aromatic N) is 3. The average Bonchev–Trinajstić information content (AvgIpc) is 2.83. The second-order valence-corrected chi connectivity index (χ2v) is 6.85. The molecule has 0 amide bonds. The summed E-state index contributed by atoms with van der Waals surface area (Å²) in [4.78, 5) is 0. The zero-order valence-electron chi connectivity index (χ0n) is 15.0. The van der Waals surface area contributed by atoms with Crippen molar-refractivity contribution in [2.45, 2.75) is 38.3 Å². The Hall–Kier alpha value is -3.09. The first-order valence-corrected chi connectivity index (χ1v) is 8.46. The van der Waals surface area contributed by atoms with Crippen molar-refractivity contribution < 1.29 is 22.6 Å². The Morgan fingerprint density at radius 1 is 1.14 bits per heavy atom. The van der Waals surface area contributed by atoms with E-state index in [0.717, 1.165) is 12.1 Å². The quantitative estimate of drug-likeness (QED) is 0.820. The molecule has 0 saturated carbocycles. The first kappa shape index (κ1) is 19.7. The summed E-state index contributed by atoms with van der Waals surface area (Å²) in [5, 5.41) is 38.1. The van der Waals surface area contributed by atoms with Crippen molar-refractivity contribution in [1.29, 1.82) is 21.2 Å². The number of rotatable bonds is 2. The SMILES string of the molecule is CCC12OC(=N)C(C#N)(C1C)C(C#N)(C#N)C(c1ccccc1C(F)(F)F)O2. The molecule has 4 unspecified atom stereocenters. The molecule has 2 bridgehead atoms. The number of alkyl halides is 3. The Balaban J connectivity index is 2.39. The molecule has 144 valence electrons. The highest BCUT2D eigenvalue weighted by Crippen LogP contribution is 2.67. The molecular formula is C19H15F3N4O2. The standard InChI is InChI=1S/C19H15F3N4O2/c1-3-18-11(2)17(10-25,15(26)28-18)16(8-23,9-24)14(27-18)12-6-4-5-7-13(12)19(20,21)22/h4-7,11,14,26H,3H2,1-2H3. The van der Waals surface area contributed by atoms with Gasteiger partial charge in [0, 0.05) is 6.42 Å². The molecule has 28 heavy (non-hydrogen) atoms. The van der Waals surface area contributed by atoms with Gasteiger partial charge in [-0.15, -0.1) is 0 Å². The molecule has 6 nitrogen and oxygen atoms in total. The second-order valence-electron chi connectivity index (χ2n) is 6.85. The van der Waals surface area contributed by atoms with Gasteiger partial charge < -0.3 is 9.47 Å². The van der Waals surface area contributed by atoms with Crippen LogP contribution in [0.1, 0.15) is 37.5 Å². The normalized spacial score (nSPS) is 33.3. The lowest BCUT2D eigenvalue weighted by Gasteiger charge is -2.48. The lowest BCUT2D eigenvalue weighted by Crippen LogP contribution is -2.58. The van der Waals surface area contributed by atoms with Gasteiger partial charge in [-0.05, 0) is 11.6 Å². The molecule has 0 radical (unpaired) electrons. The van der Waals surface area contributed by atoms with Gasteiger partial charge in [-0.3, -0.25) is 5.41 Å². The van der Waals surface area contributed by atoms with E-state index in [-0.39, 0.29) is 6.42 Å². The number of benzene rings is 1. The van der Waals surface area contributed by atoms with Crippen LogP contribution in [-0.4, -0.2) is 11.7 Å². The van der Waals surface area contributed by atoms with Crippen LogP contribution in [0.3, 0.4) is 0 Å². The van der Waals surface area contributed by atoms with Gasteiger partial charge >= 0.3 is 6.18 Å². The highest BCUT2D eigenvalue weighted by atomic mass is 19.4. The molecule has 2 aliphatic heterocycles. The van der Waals surface area contributed by atoms with E-state index in [1.165, 1.54) is 19.1 Å². The van der Waals surface area contributed by atoms with Crippen LogP contribution in [-0.2, 0) is 15.7 Å².